The fourth-order valence-electron chi connectivity index (χ4n) is 2.65. The van der Waals surface area contributed by atoms with Gasteiger partial charge in [0, 0.05) is 19.7 Å². The number of aryl methyl sites for hydroxylation is 1. The largest absolute Gasteiger partial charge is 0.480 e. The molecule has 2 aromatic rings. The van der Waals surface area contributed by atoms with Gasteiger partial charge in [-0.15, -0.1) is 11.3 Å². The van der Waals surface area contributed by atoms with E-state index in [9.17, 15) is 4.79 Å². The average molecular weight is 366 g/mol. The van der Waals surface area contributed by atoms with Crippen molar-refractivity contribution in [2.45, 2.75) is 45.8 Å². The van der Waals surface area contributed by atoms with Gasteiger partial charge in [-0.3, -0.25) is 4.79 Å². The number of aromatic nitrogens is 2. The van der Waals surface area contributed by atoms with Crippen LogP contribution in [0.3, 0.4) is 0 Å². The number of ether oxygens (including phenoxy) is 2. The Morgan fingerprint density at radius 2 is 2.12 bits per heavy atom. The summed E-state index contributed by atoms with van der Waals surface area (Å²) in [5, 5.41) is 3.80. The molecule has 1 unspecified atom stereocenters. The van der Waals surface area contributed by atoms with Gasteiger partial charge in [0.25, 0.3) is 5.91 Å². The second-order valence-electron chi connectivity index (χ2n) is 5.87. The van der Waals surface area contributed by atoms with Crippen molar-refractivity contribution in [1.29, 1.82) is 0 Å². The third-order valence-electron chi connectivity index (χ3n) is 4.00. The molecule has 2 heterocycles. The number of hydrogen-bond acceptors (Lipinski definition) is 7. The van der Waals surface area contributed by atoms with Crippen LogP contribution in [-0.4, -0.2) is 42.7 Å². The monoisotopic (exact) mass is 366 g/mol. The van der Waals surface area contributed by atoms with Gasteiger partial charge in [-0.05, 0) is 18.9 Å². The Kier molecular flexibility index (Phi) is 7.10. The first-order chi connectivity index (χ1) is 12.0. The maximum atomic E-state index is 12.7. The van der Waals surface area contributed by atoms with Crippen molar-refractivity contribution in [3.05, 3.63) is 16.3 Å². The first-order valence-electron chi connectivity index (χ1n) is 8.39. The summed E-state index contributed by atoms with van der Waals surface area (Å²) in [4.78, 5) is 22.9. The molecule has 0 aliphatic rings. The summed E-state index contributed by atoms with van der Waals surface area (Å²) in [7, 11) is 3.15. The molecular weight excluding hydrogens is 340 g/mol. The number of rotatable bonds is 9. The molecule has 0 aromatic carbocycles. The molecule has 0 spiro atoms. The van der Waals surface area contributed by atoms with Crippen LogP contribution >= 0.6 is 11.3 Å². The van der Waals surface area contributed by atoms with Crippen molar-refractivity contribution in [2.24, 2.45) is 5.73 Å². The van der Waals surface area contributed by atoms with E-state index in [-0.39, 0.29) is 18.6 Å². The number of thiophene rings is 1. The zero-order chi connectivity index (χ0) is 18.4. The Labute approximate surface area is 151 Å². The third kappa shape index (κ3) is 4.45. The van der Waals surface area contributed by atoms with Gasteiger partial charge in [0.2, 0.25) is 5.88 Å². The molecular formula is C17H26N4O3S. The summed E-state index contributed by atoms with van der Waals surface area (Å²) in [6.45, 7) is 4.72. The summed E-state index contributed by atoms with van der Waals surface area (Å²) >= 11 is 1.34. The smallest absolute Gasteiger partial charge is 0.261 e. The lowest BCUT2D eigenvalue weighted by atomic mass is 10.1. The van der Waals surface area contributed by atoms with Gasteiger partial charge in [-0.25, -0.2) is 4.98 Å². The number of nitrogens with one attached hydrogen (secondary N) is 1. The highest BCUT2D eigenvalue weighted by molar-refractivity contribution is 7.20. The van der Waals surface area contributed by atoms with Gasteiger partial charge in [0.1, 0.15) is 11.4 Å². The molecule has 0 fully saturated rings. The van der Waals surface area contributed by atoms with Crippen molar-refractivity contribution in [2.75, 3.05) is 20.8 Å². The molecule has 138 valence electrons. The Bertz CT molecular complexity index is 732. The predicted octanol–water partition coefficient (Wildman–Crippen LogP) is 2.40. The lowest BCUT2D eigenvalue weighted by Gasteiger charge is -2.16. The van der Waals surface area contributed by atoms with Crippen LogP contribution in [0, 0.1) is 6.92 Å². The maximum Gasteiger partial charge on any atom is 0.261 e. The molecule has 1 amide bonds. The maximum absolute atomic E-state index is 12.7. The van der Waals surface area contributed by atoms with Crippen LogP contribution in [0.2, 0.25) is 0 Å². The minimum absolute atomic E-state index is 0.0194. The van der Waals surface area contributed by atoms with Crippen LogP contribution < -0.4 is 15.8 Å². The van der Waals surface area contributed by atoms with Gasteiger partial charge >= 0.3 is 0 Å². The molecule has 2 aromatic heterocycles. The van der Waals surface area contributed by atoms with Crippen LogP contribution in [0.15, 0.2) is 0 Å². The quantitative estimate of drug-likeness (QED) is 0.707. The highest BCUT2D eigenvalue weighted by Crippen LogP contribution is 2.35. The molecule has 2 rings (SSSR count). The Morgan fingerprint density at radius 1 is 1.36 bits per heavy atom. The Hall–Kier alpha value is -1.77. The number of nitrogens with two attached hydrogens (primary N) is 1. The van der Waals surface area contributed by atoms with Crippen molar-refractivity contribution in [3.63, 3.8) is 0 Å². The number of unbranched alkanes of at least 4 members (excludes halogenated alkanes) is 1. The van der Waals surface area contributed by atoms with E-state index in [1.165, 1.54) is 11.3 Å². The molecule has 7 nitrogen and oxygen atoms in total. The molecule has 3 N–H and O–H groups in total. The van der Waals surface area contributed by atoms with Crippen LogP contribution in [0.25, 0.3) is 10.2 Å². The van der Waals surface area contributed by atoms with Gasteiger partial charge < -0.3 is 20.5 Å². The number of nitrogens with zero attached hydrogens (tertiary/aromatic N) is 2. The van der Waals surface area contributed by atoms with Gasteiger partial charge in [0.05, 0.1) is 17.4 Å². The highest BCUT2D eigenvalue weighted by Gasteiger charge is 2.22. The van der Waals surface area contributed by atoms with Gasteiger partial charge in [-0.2, -0.15) is 4.98 Å². The fraction of sp³-hybridized carbons (Fsp3) is 0.588. The fourth-order valence-corrected chi connectivity index (χ4v) is 3.75. The van der Waals surface area contributed by atoms with Crippen molar-refractivity contribution < 1.29 is 14.3 Å². The van der Waals surface area contributed by atoms with E-state index in [0.717, 1.165) is 35.0 Å². The molecule has 0 saturated carbocycles. The van der Waals surface area contributed by atoms with E-state index >= 15 is 0 Å². The molecule has 1 atom stereocenters. The van der Waals surface area contributed by atoms with Gasteiger partial charge in [0.15, 0.2) is 5.82 Å². The second-order valence-corrected chi connectivity index (χ2v) is 6.87. The van der Waals surface area contributed by atoms with E-state index in [1.54, 1.807) is 14.2 Å². The molecule has 25 heavy (non-hydrogen) atoms. The minimum atomic E-state index is -0.123. The minimum Gasteiger partial charge on any atom is -0.480 e. The molecule has 0 radical (unpaired) electrons. The van der Waals surface area contributed by atoms with Crippen molar-refractivity contribution in [1.82, 2.24) is 15.3 Å². The normalized spacial score (nSPS) is 12.4. The number of carbonyl (C=O) groups excluding carboxylic acids is 1. The molecule has 0 aliphatic carbocycles. The molecule has 0 aliphatic heterocycles. The van der Waals surface area contributed by atoms with E-state index in [0.29, 0.717) is 23.1 Å². The molecule has 8 heteroatoms. The number of fused-ring (bicyclic) bond motifs is 1. The van der Waals surface area contributed by atoms with Crippen LogP contribution in [0.5, 0.6) is 5.88 Å². The van der Waals surface area contributed by atoms with E-state index < -0.39 is 0 Å². The van der Waals surface area contributed by atoms with Crippen LogP contribution in [-0.2, 0) is 11.3 Å². The lowest BCUT2D eigenvalue weighted by Crippen LogP contribution is -2.40. The van der Waals surface area contributed by atoms with Crippen molar-refractivity contribution >= 4 is 27.5 Å². The Balaban J connectivity index is 2.34. The number of carbonyl (C=O) groups is 1. The summed E-state index contributed by atoms with van der Waals surface area (Å²) < 4.78 is 10.5. The van der Waals surface area contributed by atoms with Crippen molar-refractivity contribution in [3.8, 4) is 5.88 Å². The summed E-state index contributed by atoms with van der Waals surface area (Å²) in [6, 6.07) is -0.0194. The Morgan fingerprint density at radius 3 is 2.72 bits per heavy atom. The molecule has 0 saturated heterocycles. The second kappa shape index (κ2) is 9.07. The predicted molar refractivity (Wildman–Crippen MR) is 99.3 cm³/mol. The highest BCUT2D eigenvalue weighted by atomic mass is 32.1. The van der Waals surface area contributed by atoms with Gasteiger partial charge in [-0.1, -0.05) is 19.8 Å². The number of amides is 1. The summed E-state index contributed by atoms with van der Waals surface area (Å²) in [6.07, 6.45) is 2.99. The van der Waals surface area contributed by atoms with Crippen LogP contribution in [0.4, 0.5) is 0 Å². The molecule has 0 bridgehead atoms. The summed E-state index contributed by atoms with van der Waals surface area (Å²) in [5.41, 5.74) is 6.61. The third-order valence-corrected chi connectivity index (χ3v) is 5.19. The standard InChI is InChI=1S/C17H26N4O3S/c1-5-6-7-11(8-18)19-15(22)14-10(2)13-16(24-4)20-12(9-23-3)21-17(13)25-14/h11H,5-9,18H2,1-4H3,(H,19,22). The topological polar surface area (TPSA) is 99.4 Å². The van der Waals surface area contributed by atoms with E-state index in [4.69, 9.17) is 15.2 Å². The lowest BCUT2D eigenvalue weighted by molar-refractivity contribution is 0.0939. The SMILES string of the molecule is CCCCC(CN)NC(=O)c1sc2nc(COC)nc(OC)c2c1C. The average Bonchev–Trinajstić information content (AvgIpc) is 2.95. The first-order valence-corrected chi connectivity index (χ1v) is 9.21. The summed E-state index contributed by atoms with van der Waals surface area (Å²) in [5.74, 6) is 0.872. The van der Waals surface area contributed by atoms with Crippen LogP contribution in [0.1, 0.15) is 47.2 Å². The first kappa shape index (κ1) is 19.6. The number of methoxy groups -OCH3 is 2. The van der Waals surface area contributed by atoms with E-state index in [1.807, 2.05) is 6.92 Å². The number of hydrogen-bond donors (Lipinski definition) is 2. The van der Waals surface area contributed by atoms with E-state index in [2.05, 4.69) is 22.2 Å². The zero-order valence-electron chi connectivity index (χ0n) is 15.2. The zero-order valence-corrected chi connectivity index (χ0v) is 16.0.